The van der Waals surface area contributed by atoms with Crippen LogP contribution in [0.5, 0.6) is 11.5 Å². The molecule has 12 N–H and O–H groups in total. The van der Waals surface area contributed by atoms with Crippen LogP contribution in [0.1, 0.15) is 161 Å². The summed E-state index contributed by atoms with van der Waals surface area (Å²) < 4.78 is 163. The Hall–Kier alpha value is -11.9. The molecule has 6 amide bonds. The van der Waals surface area contributed by atoms with Crippen LogP contribution in [0.2, 0.25) is 0 Å². The highest BCUT2D eigenvalue weighted by Gasteiger charge is 2.40. The number of halogens is 4. The monoisotopic (exact) mass is 2040 g/mol. The minimum atomic E-state index is -3.90. The molecule has 0 saturated carbocycles. The van der Waals surface area contributed by atoms with Gasteiger partial charge in [0.25, 0.3) is 0 Å². The second kappa shape index (κ2) is 61.3. The number of methoxy groups -OCH3 is 2. The molecule has 143 heavy (non-hydrogen) atoms. The molecule has 0 radical (unpaired) electrons. The lowest BCUT2D eigenvalue weighted by Gasteiger charge is -2.32. The number of alkyl carbamates (subject to hydrolysis) is 3. The van der Waals surface area contributed by atoms with Gasteiger partial charge in [0.2, 0.25) is 17.7 Å². The van der Waals surface area contributed by atoms with Crippen LogP contribution in [0.15, 0.2) is 231 Å². The molecule has 9 aromatic rings. The summed E-state index contributed by atoms with van der Waals surface area (Å²) in [6.45, 7) is 10.2. The minimum absolute atomic E-state index is 0.00894. The molecule has 0 aliphatic heterocycles. The third-order valence-electron chi connectivity index (χ3n) is 23.7. The van der Waals surface area contributed by atoms with Crippen molar-refractivity contribution in [2.45, 2.75) is 236 Å². The van der Waals surface area contributed by atoms with Gasteiger partial charge in [-0.1, -0.05) is 244 Å². The quantitative estimate of drug-likeness (QED) is 0.0126. The van der Waals surface area contributed by atoms with Crippen molar-refractivity contribution in [1.29, 1.82) is 0 Å². The van der Waals surface area contributed by atoms with E-state index in [1.807, 2.05) is 108 Å². The Kier molecular flexibility index (Phi) is 50.6. The average molecular weight is 2050 g/mol. The molecule has 0 fully saturated rings. The van der Waals surface area contributed by atoms with E-state index in [4.69, 9.17) is 40.9 Å². The van der Waals surface area contributed by atoms with Gasteiger partial charge in [0.1, 0.15) is 72.7 Å². The number of aryl methyl sites for hydroxylation is 1. The molecule has 0 spiro atoms. The number of hydrogen-bond acceptors (Lipinski definition) is 23. The van der Waals surface area contributed by atoms with Crippen molar-refractivity contribution in [3.05, 3.63) is 309 Å². The van der Waals surface area contributed by atoms with Gasteiger partial charge in [-0.2, -0.15) is 0 Å². The predicted molar refractivity (Wildman–Crippen MR) is 544 cm³/mol. The third kappa shape index (κ3) is 42.5. The second-order valence-electron chi connectivity index (χ2n) is 35.5. The Balaban J connectivity index is 0.000000291. The van der Waals surface area contributed by atoms with E-state index in [9.17, 15) is 86.9 Å². The number of sulfone groups is 3. The van der Waals surface area contributed by atoms with E-state index in [0.29, 0.717) is 104 Å². The zero-order chi connectivity index (χ0) is 105. The van der Waals surface area contributed by atoms with E-state index in [2.05, 4.69) is 16.0 Å². The van der Waals surface area contributed by atoms with Crippen LogP contribution in [0.25, 0.3) is 0 Å². The van der Waals surface area contributed by atoms with Gasteiger partial charge in [-0.05, 0) is 168 Å². The summed E-state index contributed by atoms with van der Waals surface area (Å²) in [6, 6.07) is 56.4. The molecule has 3 unspecified atom stereocenters. The zero-order valence-electron chi connectivity index (χ0n) is 82.7. The van der Waals surface area contributed by atoms with Crippen molar-refractivity contribution in [3.8, 4) is 11.5 Å². The van der Waals surface area contributed by atoms with Crippen LogP contribution in [0.4, 0.5) is 31.9 Å². The van der Waals surface area contributed by atoms with E-state index in [1.165, 1.54) is 28.9 Å². The lowest BCUT2D eigenvalue weighted by atomic mass is 10.0. The molecular weight excluding hydrogens is 1900 g/mol. The van der Waals surface area contributed by atoms with Crippen LogP contribution in [0.3, 0.4) is 0 Å². The number of carbonyl (C=O) groups excluding carboxylic acids is 6. The summed E-state index contributed by atoms with van der Waals surface area (Å²) in [7, 11) is -8.46. The molecule has 36 heteroatoms. The number of unbranched alkanes of at least 4 members (excludes halogenated alkanes) is 1. The number of carbonyl (C=O) groups is 6. The minimum Gasteiger partial charge on any atom is -0.497 e. The first-order valence-electron chi connectivity index (χ1n) is 48.3. The Morgan fingerprint density at radius 1 is 0.357 bits per heavy atom. The molecule has 0 saturated heterocycles. The fourth-order valence-corrected chi connectivity index (χ4v) is 22.0. The van der Waals surface area contributed by atoms with E-state index in [0.717, 1.165) is 65.1 Å². The molecule has 9 atom stereocenters. The standard InChI is InChI=1S/C37H49F2N3O7S.C36H49N3O7S.C34H43F2N3O6S/c1-4-10-32(11-5-2)50(46,47)25-34(41-37(45)49-24-27-12-7-6-8-13-27)36(44)42(17-16-26-14-9-15-31(20-26)48-3)23-35(43)33(40)21-28-18-29(38)22-30(39)19-28;1-4-13-31(14-5-2)47(43,44)26-33(38-36(42)46-25-28-17-10-7-11-18-28)35(41)39(23-29-19-12-20-30(21-29)45-3)24-34(40)32(37)22-27-15-8-6-9-16-27;1-3-5-14-46(43,44)23-31(38-34(42)45-22-25-10-7-6-8-11-25)33(41)39(20-26-13-9-12-24(4-2)15-26)21-32(40)30(37)18-27-16-28(35)19-29(36)17-27/h6-9,12-15,18-20,22,32-35,43H,4-5,10-11,16-17,21,23-25,40H2,1-3H3,(H,41,45);6-12,15-21,31-34,40H,4-5,13-14,22-26,37H2,1-3H3,(H,38,42);6-13,15-17,19,30-32,40H,3-5,14,18,20-23,37H2,1-2H3,(H,38,42)/t33-,34?,35+;32-,33?,34+;30-,31?,32+/m000/s1. The van der Waals surface area contributed by atoms with Gasteiger partial charge in [0.15, 0.2) is 29.5 Å². The summed E-state index contributed by atoms with van der Waals surface area (Å²) in [5.74, 6) is -6.36. The van der Waals surface area contributed by atoms with Crippen molar-refractivity contribution in [2.24, 2.45) is 17.2 Å². The Bertz CT molecular complexity index is 5710. The predicted octanol–water partition coefficient (Wildman–Crippen LogP) is 13.9. The number of nitrogens with two attached hydrogens (primary N) is 3. The Labute approximate surface area is 839 Å². The number of aliphatic hydroxyl groups is 3. The molecule has 0 aromatic heterocycles. The molecule has 0 bridgehead atoms. The average Bonchev–Trinajstić information content (AvgIpc) is 0.829. The SMILES string of the molecule is CCCC(CCC)S(=O)(=O)CC(NC(=O)OCc1ccccc1)C(=O)N(CCc1cccc(OC)c1)C[C@@H](O)[C@@H](N)Cc1cc(F)cc(F)c1.CCCC(CCC)S(=O)(=O)CC(NC(=O)OCc1ccccc1)C(=O)N(Cc1cccc(OC)c1)C[C@@H](O)[C@@H](N)Cc1ccccc1.CCCCS(=O)(=O)CC(NC(=O)OCc1ccccc1)C(=O)N(Cc1cccc(CC)c1)C[C@@H](O)[C@@H](N)Cc1cc(F)cc(F)c1. The number of nitrogens with one attached hydrogen (secondary N) is 3. The maximum absolute atomic E-state index is 14.4. The van der Waals surface area contributed by atoms with Gasteiger partial charge in [0.05, 0.1) is 66.0 Å². The van der Waals surface area contributed by atoms with E-state index in [1.54, 1.807) is 127 Å². The van der Waals surface area contributed by atoms with Crippen molar-refractivity contribution in [1.82, 2.24) is 30.7 Å². The summed E-state index contributed by atoms with van der Waals surface area (Å²) in [4.78, 5) is 85.6. The van der Waals surface area contributed by atoms with E-state index in [-0.39, 0.29) is 95.2 Å². The molecule has 0 aliphatic carbocycles. The summed E-state index contributed by atoms with van der Waals surface area (Å²) in [5, 5.41) is 39.6. The first-order chi connectivity index (χ1) is 68.3. The van der Waals surface area contributed by atoms with Gasteiger partial charge >= 0.3 is 18.3 Å². The fraction of sp³-hybridized carbons (Fsp3) is 0.439. The Morgan fingerprint density at radius 2 is 0.664 bits per heavy atom. The molecule has 9 rings (SSSR count). The van der Waals surface area contributed by atoms with Gasteiger partial charge in [0, 0.05) is 69.5 Å². The van der Waals surface area contributed by atoms with Crippen LogP contribution in [-0.2, 0) is 123 Å². The topological polar surface area (TPSA) is 436 Å². The lowest BCUT2D eigenvalue weighted by Crippen LogP contribution is -2.56. The van der Waals surface area contributed by atoms with Crippen molar-refractivity contribution < 1.29 is 111 Å². The van der Waals surface area contributed by atoms with Crippen LogP contribution in [-0.4, -0.2) is 220 Å². The van der Waals surface area contributed by atoms with E-state index >= 15 is 0 Å². The molecule has 0 heterocycles. The summed E-state index contributed by atoms with van der Waals surface area (Å²) in [5.41, 5.74) is 25.6. The number of ether oxygens (including phenoxy) is 5. The molecule has 29 nitrogen and oxygen atoms in total. The summed E-state index contributed by atoms with van der Waals surface area (Å²) in [6.07, 6.45) is -0.425. The highest BCUT2D eigenvalue weighted by Crippen LogP contribution is 2.26. The molecule has 9 aromatic carbocycles. The van der Waals surface area contributed by atoms with Gasteiger partial charge in [-0.25, -0.2) is 57.2 Å². The van der Waals surface area contributed by atoms with Gasteiger partial charge in [-0.15, -0.1) is 0 Å². The fourth-order valence-electron chi connectivity index (χ4n) is 16.0. The molecular formula is C107H141F4N9O20S3. The number of rotatable bonds is 56. The largest absolute Gasteiger partial charge is 0.497 e. The van der Waals surface area contributed by atoms with Crippen LogP contribution >= 0.6 is 0 Å². The maximum Gasteiger partial charge on any atom is 0.408 e. The zero-order valence-corrected chi connectivity index (χ0v) is 85.1. The number of nitrogens with zero attached hydrogens (tertiary/aromatic N) is 3. The number of amides is 6. The Morgan fingerprint density at radius 3 is 1.02 bits per heavy atom. The second-order valence-corrected chi connectivity index (χ2v) is 42.4. The first kappa shape index (κ1) is 118. The molecule has 780 valence electrons. The highest BCUT2D eigenvalue weighted by molar-refractivity contribution is 7.92. The number of hydrogen-bond donors (Lipinski definition) is 9. The normalized spacial score (nSPS) is 13.4. The van der Waals surface area contributed by atoms with Gasteiger partial charge < -0.3 is 86.9 Å². The molecule has 0 aliphatic rings. The van der Waals surface area contributed by atoms with Crippen LogP contribution < -0.4 is 42.6 Å². The van der Waals surface area contributed by atoms with Crippen molar-refractivity contribution in [3.63, 3.8) is 0 Å². The van der Waals surface area contributed by atoms with E-state index < -0.39 is 171 Å². The number of aliphatic hydroxyl groups excluding tert-OH is 3. The maximum atomic E-state index is 14.4. The smallest absolute Gasteiger partial charge is 0.408 e. The first-order valence-corrected chi connectivity index (χ1v) is 53.5. The lowest BCUT2D eigenvalue weighted by molar-refractivity contribution is -0.135. The number of benzene rings is 9. The summed E-state index contributed by atoms with van der Waals surface area (Å²) >= 11 is 0. The third-order valence-corrected chi connectivity index (χ3v) is 30.0. The van der Waals surface area contributed by atoms with Crippen molar-refractivity contribution in [2.75, 3.05) is 63.4 Å². The van der Waals surface area contributed by atoms with Crippen molar-refractivity contribution >= 4 is 65.5 Å². The van der Waals surface area contributed by atoms with Gasteiger partial charge in [-0.3, -0.25) is 14.4 Å². The highest BCUT2D eigenvalue weighted by atomic mass is 32.2. The van der Waals surface area contributed by atoms with Crippen LogP contribution in [0, 0.1) is 23.3 Å².